The molecule has 2 aromatic carbocycles. The van der Waals surface area contributed by atoms with Gasteiger partial charge in [-0.25, -0.2) is 9.97 Å². The Morgan fingerprint density at radius 1 is 1.00 bits per heavy atom. The Morgan fingerprint density at radius 2 is 1.76 bits per heavy atom. The highest BCUT2D eigenvalue weighted by Gasteiger charge is 2.09. The van der Waals surface area contributed by atoms with Crippen LogP contribution in [0.2, 0.25) is 0 Å². The van der Waals surface area contributed by atoms with Crippen molar-refractivity contribution in [1.29, 1.82) is 0 Å². The summed E-state index contributed by atoms with van der Waals surface area (Å²) in [6.07, 6.45) is 1.37. The molecule has 3 rings (SSSR count). The van der Waals surface area contributed by atoms with Gasteiger partial charge >= 0.3 is 0 Å². The maximum absolute atomic E-state index is 12.4. The summed E-state index contributed by atoms with van der Waals surface area (Å²) in [5, 5.41) is 6.02. The van der Waals surface area contributed by atoms with Crippen molar-refractivity contribution in [3.63, 3.8) is 0 Å². The topological polar surface area (TPSA) is 85.4 Å². The molecule has 2 N–H and O–H groups in total. The van der Waals surface area contributed by atoms with Gasteiger partial charge in [-0.2, -0.15) is 0 Å². The quantitative estimate of drug-likeness (QED) is 0.569. The molecule has 0 radical (unpaired) electrons. The third-order valence-corrected chi connectivity index (χ3v) is 4.26. The van der Waals surface area contributed by atoms with Crippen molar-refractivity contribution in [2.45, 2.75) is 13.8 Å². The molecule has 0 aliphatic rings. The third-order valence-electron chi connectivity index (χ3n) is 4.26. The van der Waals surface area contributed by atoms with Crippen LogP contribution in [-0.2, 0) is 0 Å². The SMILES string of the molecule is COc1ccc(OCCNC(=O)c2cc(Nc3ccc(C)cc3C)ncn2)cc1. The van der Waals surface area contributed by atoms with Gasteiger partial charge in [-0.3, -0.25) is 4.79 Å². The Labute approximate surface area is 170 Å². The van der Waals surface area contributed by atoms with Gasteiger partial charge in [0.1, 0.15) is 35.9 Å². The number of benzene rings is 2. The summed E-state index contributed by atoms with van der Waals surface area (Å²) < 4.78 is 10.7. The zero-order chi connectivity index (χ0) is 20.6. The molecule has 1 amide bonds. The number of hydrogen-bond donors (Lipinski definition) is 2. The third kappa shape index (κ3) is 5.68. The molecule has 7 heteroatoms. The van der Waals surface area contributed by atoms with Crippen LogP contribution in [-0.4, -0.2) is 36.1 Å². The number of rotatable bonds is 8. The second-order valence-electron chi connectivity index (χ2n) is 6.51. The van der Waals surface area contributed by atoms with Crippen LogP contribution < -0.4 is 20.1 Å². The Morgan fingerprint density at radius 3 is 2.48 bits per heavy atom. The molecule has 7 nitrogen and oxygen atoms in total. The van der Waals surface area contributed by atoms with Crippen LogP contribution in [0.4, 0.5) is 11.5 Å². The second kappa shape index (κ2) is 9.54. The summed E-state index contributed by atoms with van der Waals surface area (Å²) in [5.41, 5.74) is 3.52. The molecule has 1 aromatic heterocycles. The smallest absolute Gasteiger partial charge is 0.270 e. The van der Waals surface area contributed by atoms with Crippen LogP contribution in [0.15, 0.2) is 54.9 Å². The van der Waals surface area contributed by atoms with E-state index in [1.165, 1.54) is 11.9 Å². The van der Waals surface area contributed by atoms with Crippen LogP contribution in [0.1, 0.15) is 21.6 Å². The monoisotopic (exact) mass is 392 g/mol. The summed E-state index contributed by atoms with van der Waals surface area (Å²) in [5.74, 6) is 1.75. The molecule has 0 aliphatic carbocycles. The van der Waals surface area contributed by atoms with Gasteiger partial charge in [-0.05, 0) is 49.7 Å². The molecule has 150 valence electrons. The van der Waals surface area contributed by atoms with E-state index in [2.05, 4.69) is 26.7 Å². The van der Waals surface area contributed by atoms with Gasteiger partial charge in [0.05, 0.1) is 13.7 Å². The zero-order valence-electron chi connectivity index (χ0n) is 16.7. The van der Waals surface area contributed by atoms with Gasteiger partial charge in [-0.1, -0.05) is 17.7 Å². The highest BCUT2D eigenvalue weighted by atomic mass is 16.5. The lowest BCUT2D eigenvalue weighted by molar-refractivity contribution is 0.0942. The molecule has 0 spiro atoms. The van der Waals surface area contributed by atoms with E-state index in [0.29, 0.717) is 24.7 Å². The van der Waals surface area contributed by atoms with Crippen LogP contribution in [0.3, 0.4) is 0 Å². The highest BCUT2D eigenvalue weighted by Crippen LogP contribution is 2.20. The highest BCUT2D eigenvalue weighted by molar-refractivity contribution is 5.93. The average molecular weight is 392 g/mol. The van der Waals surface area contributed by atoms with Gasteiger partial charge in [0.2, 0.25) is 0 Å². The first-order chi connectivity index (χ1) is 14.0. The number of methoxy groups -OCH3 is 1. The van der Waals surface area contributed by atoms with Gasteiger partial charge in [0.15, 0.2) is 0 Å². The van der Waals surface area contributed by atoms with Crippen molar-refractivity contribution in [3.8, 4) is 11.5 Å². The molecular formula is C22H24N4O3. The minimum atomic E-state index is -0.283. The fourth-order valence-corrected chi connectivity index (χ4v) is 2.74. The van der Waals surface area contributed by atoms with E-state index in [-0.39, 0.29) is 11.6 Å². The van der Waals surface area contributed by atoms with Crippen molar-refractivity contribution in [2.24, 2.45) is 0 Å². The summed E-state index contributed by atoms with van der Waals surface area (Å²) in [7, 11) is 1.61. The van der Waals surface area contributed by atoms with E-state index < -0.39 is 0 Å². The normalized spacial score (nSPS) is 10.3. The van der Waals surface area contributed by atoms with Crippen LogP contribution >= 0.6 is 0 Å². The molecule has 0 bridgehead atoms. The first kappa shape index (κ1) is 20.1. The molecule has 29 heavy (non-hydrogen) atoms. The molecular weight excluding hydrogens is 368 g/mol. The minimum absolute atomic E-state index is 0.283. The number of amides is 1. The lowest BCUT2D eigenvalue weighted by Crippen LogP contribution is -2.28. The maximum Gasteiger partial charge on any atom is 0.270 e. The van der Waals surface area contributed by atoms with Crippen molar-refractivity contribution in [2.75, 3.05) is 25.6 Å². The molecule has 3 aromatic rings. The zero-order valence-corrected chi connectivity index (χ0v) is 16.7. The number of anilines is 2. The second-order valence-corrected chi connectivity index (χ2v) is 6.51. The summed E-state index contributed by atoms with van der Waals surface area (Å²) in [4.78, 5) is 20.6. The Kier molecular flexibility index (Phi) is 6.63. The predicted octanol–water partition coefficient (Wildman–Crippen LogP) is 3.65. The molecule has 0 atom stereocenters. The largest absolute Gasteiger partial charge is 0.497 e. The van der Waals surface area contributed by atoms with Gasteiger partial charge in [0.25, 0.3) is 5.91 Å². The lowest BCUT2D eigenvalue weighted by atomic mass is 10.1. The van der Waals surface area contributed by atoms with Gasteiger partial charge < -0.3 is 20.1 Å². The Hall–Kier alpha value is -3.61. The fourth-order valence-electron chi connectivity index (χ4n) is 2.74. The summed E-state index contributed by atoms with van der Waals surface area (Å²) in [6.45, 7) is 4.76. The standard InChI is InChI=1S/C22H24N4O3/c1-15-4-9-19(16(2)12-15)26-21-13-20(24-14-25-21)22(27)23-10-11-29-18-7-5-17(28-3)6-8-18/h4-9,12-14H,10-11H2,1-3H3,(H,23,27)(H,24,25,26). The van der Waals surface area contributed by atoms with Crippen LogP contribution in [0.25, 0.3) is 0 Å². The minimum Gasteiger partial charge on any atom is -0.497 e. The number of ether oxygens (including phenoxy) is 2. The van der Waals surface area contributed by atoms with Crippen molar-refractivity contribution < 1.29 is 14.3 Å². The number of carbonyl (C=O) groups is 1. The van der Waals surface area contributed by atoms with Crippen LogP contribution in [0.5, 0.6) is 11.5 Å². The number of hydrogen-bond acceptors (Lipinski definition) is 6. The summed E-state index contributed by atoms with van der Waals surface area (Å²) >= 11 is 0. The predicted molar refractivity (Wildman–Crippen MR) is 112 cm³/mol. The Bertz CT molecular complexity index is 974. The van der Waals surface area contributed by atoms with Gasteiger partial charge in [0, 0.05) is 11.8 Å². The maximum atomic E-state index is 12.4. The number of aryl methyl sites for hydroxylation is 2. The van der Waals surface area contributed by atoms with Crippen LogP contribution in [0, 0.1) is 13.8 Å². The van der Waals surface area contributed by atoms with Crippen molar-refractivity contribution in [3.05, 3.63) is 71.7 Å². The molecule has 0 unspecified atom stereocenters. The molecule has 0 saturated carbocycles. The summed E-state index contributed by atoms with van der Waals surface area (Å²) in [6, 6.07) is 15.0. The van der Waals surface area contributed by atoms with E-state index in [4.69, 9.17) is 9.47 Å². The average Bonchev–Trinajstić information content (AvgIpc) is 2.74. The Balaban J connectivity index is 1.52. The van der Waals surface area contributed by atoms with E-state index in [0.717, 1.165) is 17.0 Å². The van der Waals surface area contributed by atoms with E-state index >= 15 is 0 Å². The first-order valence-electron chi connectivity index (χ1n) is 9.26. The molecule has 0 aliphatic heterocycles. The molecule has 0 fully saturated rings. The number of nitrogens with zero attached hydrogens (tertiary/aromatic N) is 2. The number of carbonyl (C=O) groups excluding carboxylic acids is 1. The van der Waals surface area contributed by atoms with Crippen molar-refractivity contribution in [1.82, 2.24) is 15.3 Å². The number of nitrogens with one attached hydrogen (secondary N) is 2. The molecule has 1 heterocycles. The molecule has 0 saturated heterocycles. The van der Waals surface area contributed by atoms with E-state index in [1.807, 2.05) is 50.2 Å². The van der Waals surface area contributed by atoms with E-state index in [9.17, 15) is 4.79 Å². The lowest BCUT2D eigenvalue weighted by Gasteiger charge is -2.11. The van der Waals surface area contributed by atoms with Gasteiger partial charge in [-0.15, -0.1) is 0 Å². The van der Waals surface area contributed by atoms with Crippen molar-refractivity contribution >= 4 is 17.4 Å². The van der Waals surface area contributed by atoms with E-state index in [1.54, 1.807) is 13.2 Å². The first-order valence-corrected chi connectivity index (χ1v) is 9.26. The number of aromatic nitrogens is 2. The fraction of sp³-hybridized carbons (Fsp3) is 0.227.